The molecule has 114 valence electrons. The monoisotopic (exact) mass is 342 g/mol. The van der Waals surface area contributed by atoms with Crippen molar-refractivity contribution < 1.29 is 0 Å². The van der Waals surface area contributed by atoms with Crippen LogP contribution in [0.15, 0.2) is 58.3 Å². The molecule has 0 saturated heterocycles. The summed E-state index contributed by atoms with van der Waals surface area (Å²) in [7, 11) is 0. The maximum absolute atomic E-state index is 12.0. The van der Waals surface area contributed by atoms with Gasteiger partial charge in [0.05, 0.1) is 5.69 Å². The summed E-state index contributed by atoms with van der Waals surface area (Å²) < 4.78 is 0.181. The average Bonchev–Trinajstić information content (AvgIpc) is 2.55. The van der Waals surface area contributed by atoms with E-state index in [0.29, 0.717) is 16.3 Å². The van der Waals surface area contributed by atoms with Gasteiger partial charge in [-0.3, -0.25) is 19.9 Å². The number of benzene rings is 2. The van der Waals surface area contributed by atoms with Crippen LogP contribution < -0.4 is 5.56 Å². The zero-order chi connectivity index (χ0) is 16.2. The maximum Gasteiger partial charge on any atom is 0.278 e. The zero-order valence-corrected chi connectivity index (χ0v) is 13.4. The molecule has 0 fully saturated rings. The van der Waals surface area contributed by atoms with Crippen LogP contribution in [0.25, 0.3) is 11.3 Å². The van der Waals surface area contributed by atoms with Gasteiger partial charge in [0.15, 0.2) is 10.5 Å². The lowest BCUT2D eigenvalue weighted by Gasteiger charge is -2.03. The Labute approximate surface area is 141 Å². The standard InChI is InChI=1S/C16H11ClN4OS/c17-11-7-5-10(6-8-11)9-18-13-4-2-1-3-12(13)14-15(22)19-16(23)21-20-14/h1-9H,(H2,19,21,22,23). The van der Waals surface area contributed by atoms with Crippen molar-refractivity contribution in [3.8, 4) is 11.3 Å². The molecule has 23 heavy (non-hydrogen) atoms. The van der Waals surface area contributed by atoms with E-state index in [0.717, 1.165) is 5.56 Å². The zero-order valence-electron chi connectivity index (χ0n) is 11.8. The fraction of sp³-hybridized carbons (Fsp3) is 0. The van der Waals surface area contributed by atoms with Crippen molar-refractivity contribution in [2.45, 2.75) is 0 Å². The van der Waals surface area contributed by atoms with Gasteiger partial charge < -0.3 is 0 Å². The SMILES string of the molecule is O=c1[nH]c(=S)[nH]nc1-c1ccccc1N=Cc1ccc(Cl)cc1. The van der Waals surface area contributed by atoms with Gasteiger partial charge in [-0.1, -0.05) is 41.9 Å². The molecule has 0 unspecified atom stereocenters. The summed E-state index contributed by atoms with van der Waals surface area (Å²) in [5.41, 5.74) is 2.03. The molecule has 0 amide bonds. The Bertz CT molecular complexity index is 976. The first-order valence-corrected chi connectivity index (χ1v) is 7.50. The normalized spacial score (nSPS) is 11.0. The van der Waals surface area contributed by atoms with Crippen LogP contribution in [0.5, 0.6) is 0 Å². The highest BCUT2D eigenvalue weighted by Crippen LogP contribution is 2.26. The number of H-pyrrole nitrogens is 2. The minimum atomic E-state index is -0.358. The molecule has 3 rings (SSSR count). The second-order valence-electron chi connectivity index (χ2n) is 4.68. The van der Waals surface area contributed by atoms with Crippen LogP contribution in [0.4, 0.5) is 5.69 Å². The fourth-order valence-electron chi connectivity index (χ4n) is 2.01. The van der Waals surface area contributed by atoms with Gasteiger partial charge in [-0.05, 0) is 36.0 Å². The largest absolute Gasteiger partial charge is 0.296 e. The van der Waals surface area contributed by atoms with Crippen LogP contribution >= 0.6 is 23.8 Å². The maximum atomic E-state index is 12.0. The molecule has 0 bridgehead atoms. The number of hydrogen-bond donors (Lipinski definition) is 2. The van der Waals surface area contributed by atoms with E-state index in [1.807, 2.05) is 30.3 Å². The van der Waals surface area contributed by atoms with Crippen molar-refractivity contribution in [1.82, 2.24) is 15.2 Å². The van der Waals surface area contributed by atoms with Crippen LogP contribution in [0.1, 0.15) is 5.56 Å². The van der Waals surface area contributed by atoms with E-state index in [-0.39, 0.29) is 16.0 Å². The molecule has 0 aliphatic carbocycles. The molecule has 0 saturated carbocycles. The summed E-state index contributed by atoms with van der Waals surface area (Å²) in [6.07, 6.45) is 1.70. The van der Waals surface area contributed by atoms with Gasteiger partial charge in [-0.2, -0.15) is 5.10 Å². The van der Waals surface area contributed by atoms with E-state index in [4.69, 9.17) is 23.8 Å². The van der Waals surface area contributed by atoms with Crippen LogP contribution in [-0.4, -0.2) is 21.4 Å². The van der Waals surface area contributed by atoms with Crippen LogP contribution in [0.2, 0.25) is 5.02 Å². The molecule has 0 aliphatic heterocycles. The Kier molecular flexibility index (Phi) is 4.45. The van der Waals surface area contributed by atoms with E-state index >= 15 is 0 Å². The molecule has 0 atom stereocenters. The summed E-state index contributed by atoms with van der Waals surface area (Å²) in [5, 5.41) is 7.26. The number of aliphatic imine (C=N–C) groups is 1. The molecule has 0 spiro atoms. The molecule has 2 aromatic carbocycles. The van der Waals surface area contributed by atoms with Gasteiger partial charge in [0.25, 0.3) is 5.56 Å². The quantitative estimate of drug-likeness (QED) is 0.560. The van der Waals surface area contributed by atoms with Crippen LogP contribution in [-0.2, 0) is 0 Å². The minimum Gasteiger partial charge on any atom is -0.296 e. The van der Waals surface area contributed by atoms with Crippen LogP contribution in [0, 0.1) is 4.77 Å². The van der Waals surface area contributed by atoms with E-state index < -0.39 is 0 Å². The highest BCUT2D eigenvalue weighted by molar-refractivity contribution is 7.71. The molecule has 3 aromatic rings. The highest BCUT2D eigenvalue weighted by atomic mass is 35.5. The molecule has 0 radical (unpaired) electrons. The number of nitrogens with one attached hydrogen (secondary N) is 2. The first-order valence-electron chi connectivity index (χ1n) is 6.71. The van der Waals surface area contributed by atoms with Crippen LogP contribution in [0.3, 0.4) is 0 Å². The summed E-state index contributed by atoms with van der Waals surface area (Å²) in [6.45, 7) is 0. The first-order chi connectivity index (χ1) is 11.1. The summed E-state index contributed by atoms with van der Waals surface area (Å²) in [5.74, 6) is 0. The lowest BCUT2D eigenvalue weighted by molar-refractivity contribution is 0.932. The number of para-hydroxylation sites is 1. The van der Waals surface area contributed by atoms with E-state index in [1.54, 1.807) is 24.4 Å². The van der Waals surface area contributed by atoms with Gasteiger partial charge in [0.2, 0.25) is 0 Å². The molecule has 5 nitrogen and oxygen atoms in total. The van der Waals surface area contributed by atoms with Crippen molar-refractivity contribution >= 4 is 35.7 Å². The highest BCUT2D eigenvalue weighted by Gasteiger charge is 2.09. The molecular weight excluding hydrogens is 332 g/mol. The Hall–Kier alpha value is -2.57. The third kappa shape index (κ3) is 3.61. The van der Waals surface area contributed by atoms with Gasteiger partial charge in [0, 0.05) is 16.8 Å². The Balaban J connectivity index is 2.02. The minimum absolute atomic E-state index is 0.181. The summed E-state index contributed by atoms with van der Waals surface area (Å²) >= 11 is 10.7. The Morgan fingerprint density at radius 2 is 1.87 bits per heavy atom. The molecule has 1 aromatic heterocycles. The molecular formula is C16H11ClN4OS. The third-order valence-electron chi connectivity index (χ3n) is 3.09. The number of halogens is 1. The second-order valence-corrected chi connectivity index (χ2v) is 5.53. The number of aromatic nitrogens is 3. The van der Waals surface area contributed by atoms with Gasteiger partial charge in [0.1, 0.15) is 0 Å². The topological polar surface area (TPSA) is 73.9 Å². The number of hydrogen-bond acceptors (Lipinski definition) is 4. The predicted octanol–water partition coefficient (Wildman–Crippen LogP) is 3.90. The number of rotatable bonds is 3. The van der Waals surface area contributed by atoms with Crippen molar-refractivity contribution in [2.75, 3.05) is 0 Å². The lowest BCUT2D eigenvalue weighted by Crippen LogP contribution is -2.12. The smallest absolute Gasteiger partial charge is 0.278 e. The molecule has 2 N–H and O–H groups in total. The third-order valence-corrected chi connectivity index (χ3v) is 3.54. The number of nitrogens with zero attached hydrogens (tertiary/aromatic N) is 2. The second kappa shape index (κ2) is 6.68. The summed E-state index contributed by atoms with van der Waals surface area (Å²) in [4.78, 5) is 19.0. The Morgan fingerprint density at radius 3 is 2.61 bits per heavy atom. The number of aromatic amines is 2. The van der Waals surface area contributed by atoms with Crippen molar-refractivity contribution in [2.24, 2.45) is 4.99 Å². The van der Waals surface area contributed by atoms with E-state index in [9.17, 15) is 4.79 Å². The van der Waals surface area contributed by atoms with Gasteiger partial charge in [-0.15, -0.1) is 0 Å². The van der Waals surface area contributed by atoms with Gasteiger partial charge in [-0.25, -0.2) is 0 Å². The van der Waals surface area contributed by atoms with E-state index in [1.165, 1.54) is 0 Å². The first kappa shape index (κ1) is 15.3. The lowest BCUT2D eigenvalue weighted by atomic mass is 10.1. The molecule has 1 heterocycles. The predicted molar refractivity (Wildman–Crippen MR) is 94.2 cm³/mol. The fourth-order valence-corrected chi connectivity index (χ4v) is 2.27. The summed E-state index contributed by atoms with van der Waals surface area (Å²) in [6, 6.07) is 14.6. The van der Waals surface area contributed by atoms with Crippen molar-refractivity contribution in [3.05, 3.63) is 74.2 Å². The molecule has 7 heteroatoms. The Morgan fingerprint density at radius 1 is 1.13 bits per heavy atom. The molecule has 0 aliphatic rings. The average molecular weight is 343 g/mol. The van der Waals surface area contributed by atoms with Gasteiger partial charge >= 0.3 is 0 Å². The van der Waals surface area contributed by atoms with Crippen molar-refractivity contribution in [1.29, 1.82) is 0 Å². The van der Waals surface area contributed by atoms with E-state index in [2.05, 4.69) is 20.2 Å². The van der Waals surface area contributed by atoms with Crippen molar-refractivity contribution in [3.63, 3.8) is 0 Å².